The number of carboxylic acids is 1. The number of nitrogens with zero attached hydrogens (tertiary/aromatic N) is 2. The molecule has 2 N–H and O–H groups in total. The predicted octanol–water partition coefficient (Wildman–Crippen LogP) is 1.18. The number of rotatable bonds is 4. The number of carbonyl (C=O) groups is 1. The molecule has 0 aliphatic carbocycles. The third-order valence-corrected chi connectivity index (χ3v) is 1.80. The van der Waals surface area contributed by atoms with E-state index in [1.807, 2.05) is 0 Å². The molecule has 0 saturated carbocycles. The second kappa shape index (κ2) is 4.58. The molecule has 0 heterocycles. The summed E-state index contributed by atoms with van der Waals surface area (Å²) in [6.45, 7) is 0. The predicted molar refractivity (Wildman–Crippen MR) is 57.4 cm³/mol. The Bertz CT molecular complexity index is 399. The van der Waals surface area contributed by atoms with Gasteiger partial charge in [0.25, 0.3) is 5.69 Å². The highest BCUT2D eigenvalue weighted by Crippen LogP contribution is 2.28. The molecule has 0 bridgehead atoms. The number of hydrogen-bond donors (Lipinski definition) is 2. The van der Waals surface area contributed by atoms with E-state index in [1.54, 1.807) is 14.1 Å². The average molecular weight is 225 g/mol. The first-order chi connectivity index (χ1) is 7.43. The van der Waals surface area contributed by atoms with E-state index < -0.39 is 10.9 Å². The minimum atomic E-state index is -1.21. The van der Waals surface area contributed by atoms with E-state index in [-0.39, 0.29) is 16.9 Å². The van der Waals surface area contributed by atoms with Gasteiger partial charge >= 0.3 is 5.97 Å². The van der Waals surface area contributed by atoms with Crippen molar-refractivity contribution in [1.29, 1.82) is 0 Å². The molecular formula is C9H11N3O4. The van der Waals surface area contributed by atoms with Crippen LogP contribution in [0.5, 0.6) is 0 Å². The highest BCUT2D eigenvalue weighted by molar-refractivity contribution is 5.96. The van der Waals surface area contributed by atoms with Crippen molar-refractivity contribution in [2.45, 2.75) is 0 Å². The van der Waals surface area contributed by atoms with E-state index in [1.165, 1.54) is 23.2 Å². The van der Waals surface area contributed by atoms with Crippen LogP contribution in [0.25, 0.3) is 0 Å². The second-order valence-corrected chi connectivity index (χ2v) is 3.27. The molecular weight excluding hydrogens is 214 g/mol. The quantitative estimate of drug-likeness (QED) is 0.590. The first-order valence-corrected chi connectivity index (χ1v) is 4.38. The van der Waals surface area contributed by atoms with Crippen molar-refractivity contribution in [3.05, 3.63) is 33.9 Å². The molecule has 1 aromatic rings. The molecule has 0 saturated heterocycles. The largest absolute Gasteiger partial charge is 0.478 e. The van der Waals surface area contributed by atoms with E-state index in [0.717, 1.165) is 0 Å². The lowest BCUT2D eigenvalue weighted by atomic mass is 10.1. The first-order valence-electron chi connectivity index (χ1n) is 4.38. The number of nitro benzene ring substituents is 1. The van der Waals surface area contributed by atoms with Crippen molar-refractivity contribution in [3.63, 3.8) is 0 Å². The minimum Gasteiger partial charge on any atom is -0.478 e. The smallest absolute Gasteiger partial charge is 0.338 e. The summed E-state index contributed by atoms with van der Waals surface area (Å²) in [5.41, 5.74) is 2.19. The fraction of sp³-hybridized carbons (Fsp3) is 0.222. The molecule has 0 amide bonds. The summed E-state index contributed by atoms with van der Waals surface area (Å²) in [7, 11) is 3.23. The van der Waals surface area contributed by atoms with Crippen LogP contribution in [0.1, 0.15) is 10.4 Å². The maximum atomic E-state index is 10.9. The van der Waals surface area contributed by atoms with Gasteiger partial charge in [-0.1, -0.05) is 6.07 Å². The fourth-order valence-corrected chi connectivity index (χ4v) is 1.21. The Morgan fingerprint density at radius 1 is 1.50 bits per heavy atom. The van der Waals surface area contributed by atoms with Gasteiger partial charge in [-0.25, -0.2) is 9.80 Å². The summed E-state index contributed by atoms with van der Waals surface area (Å²) >= 11 is 0. The third kappa shape index (κ3) is 2.45. The summed E-state index contributed by atoms with van der Waals surface area (Å²) in [6, 6.07) is 3.89. The number of nitro groups is 1. The maximum absolute atomic E-state index is 10.9. The van der Waals surface area contributed by atoms with Crippen LogP contribution in [-0.4, -0.2) is 35.1 Å². The maximum Gasteiger partial charge on any atom is 0.338 e. The topological polar surface area (TPSA) is 95.7 Å². The van der Waals surface area contributed by atoms with Gasteiger partial charge in [0.15, 0.2) is 0 Å². The molecule has 0 fully saturated rings. The average Bonchev–Trinajstić information content (AvgIpc) is 2.16. The van der Waals surface area contributed by atoms with Gasteiger partial charge in [0.05, 0.1) is 10.5 Å². The molecule has 16 heavy (non-hydrogen) atoms. The summed E-state index contributed by atoms with van der Waals surface area (Å²) in [5.74, 6) is -1.21. The van der Waals surface area contributed by atoms with Crippen molar-refractivity contribution in [2.24, 2.45) is 0 Å². The van der Waals surface area contributed by atoms with E-state index in [2.05, 4.69) is 5.43 Å². The number of hydrazine groups is 1. The van der Waals surface area contributed by atoms with Crippen LogP contribution < -0.4 is 5.43 Å². The third-order valence-electron chi connectivity index (χ3n) is 1.80. The number of para-hydroxylation sites is 1. The number of hydrogen-bond acceptors (Lipinski definition) is 5. The fourth-order valence-electron chi connectivity index (χ4n) is 1.21. The number of nitrogens with one attached hydrogen (secondary N) is 1. The Morgan fingerprint density at radius 2 is 2.12 bits per heavy atom. The van der Waals surface area contributed by atoms with Crippen LogP contribution in [0, 0.1) is 10.1 Å². The normalized spacial score (nSPS) is 10.2. The van der Waals surface area contributed by atoms with Crippen LogP contribution in [0.2, 0.25) is 0 Å². The highest BCUT2D eigenvalue weighted by Gasteiger charge is 2.21. The van der Waals surface area contributed by atoms with Crippen LogP contribution in [-0.2, 0) is 0 Å². The molecule has 1 rings (SSSR count). The molecule has 7 heteroatoms. The molecule has 0 atom stereocenters. The van der Waals surface area contributed by atoms with Crippen LogP contribution in [0.15, 0.2) is 18.2 Å². The van der Waals surface area contributed by atoms with Crippen molar-refractivity contribution < 1.29 is 14.8 Å². The zero-order valence-corrected chi connectivity index (χ0v) is 8.80. The SMILES string of the molecule is CN(C)Nc1c(C(=O)O)cccc1[N+](=O)[O-]. The molecule has 0 aromatic heterocycles. The van der Waals surface area contributed by atoms with Gasteiger partial charge in [-0.2, -0.15) is 0 Å². The molecule has 0 unspecified atom stereocenters. The molecule has 0 radical (unpaired) electrons. The van der Waals surface area contributed by atoms with Crippen molar-refractivity contribution in [1.82, 2.24) is 5.01 Å². The van der Waals surface area contributed by atoms with E-state index in [0.29, 0.717) is 0 Å². The van der Waals surface area contributed by atoms with Gasteiger partial charge in [0, 0.05) is 20.2 Å². The Morgan fingerprint density at radius 3 is 2.56 bits per heavy atom. The van der Waals surface area contributed by atoms with Gasteiger partial charge in [-0.3, -0.25) is 10.1 Å². The van der Waals surface area contributed by atoms with Crippen molar-refractivity contribution in [3.8, 4) is 0 Å². The minimum absolute atomic E-state index is 0.0231. The highest BCUT2D eigenvalue weighted by atomic mass is 16.6. The zero-order valence-electron chi connectivity index (χ0n) is 8.80. The molecule has 0 aliphatic heterocycles. The van der Waals surface area contributed by atoms with Crippen LogP contribution in [0.3, 0.4) is 0 Å². The number of aromatic carboxylic acids is 1. The molecule has 1 aromatic carbocycles. The van der Waals surface area contributed by atoms with Crippen molar-refractivity contribution >= 4 is 17.3 Å². The lowest BCUT2D eigenvalue weighted by Gasteiger charge is -2.15. The second-order valence-electron chi connectivity index (χ2n) is 3.27. The molecule has 0 aliphatic rings. The lowest BCUT2D eigenvalue weighted by Crippen LogP contribution is -2.22. The van der Waals surface area contributed by atoms with Gasteiger partial charge in [-0.05, 0) is 6.07 Å². The standard InChI is InChI=1S/C9H11N3O4/c1-11(2)10-8-6(9(13)14)4-3-5-7(8)12(15)16/h3-5,10H,1-2H3,(H,13,14). The van der Waals surface area contributed by atoms with E-state index in [9.17, 15) is 14.9 Å². The molecule has 0 spiro atoms. The molecule has 86 valence electrons. The van der Waals surface area contributed by atoms with Crippen molar-refractivity contribution in [2.75, 3.05) is 19.5 Å². The molecule has 7 nitrogen and oxygen atoms in total. The van der Waals surface area contributed by atoms with Gasteiger partial charge < -0.3 is 10.5 Å². The number of carboxylic acid groups (broad SMARTS) is 1. The Balaban J connectivity index is 3.34. The first kappa shape index (κ1) is 11.9. The summed E-state index contributed by atoms with van der Waals surface area (Å²) in [6.07, 6.45) is 0. The summed E-state index contributed by atoms with van der Waals surface area (Å²) < 4.78 is 0. The lowest BCUT2D eigenvalue weighted by molar-refractivity contribution is -0.384. The zero-order chi connectivity index (χ0) is 12.3. The van der Waals surface area contributed by atoms with Gasteiger partial charge in [-0.15, -0.1) is 0 Å². The Hall–Kier alpha value is -2.15. The van der Waals surface area contributed by atoms with Crippen LogP contribution in [0.4, 0.5) is 11.4 Å². The van der Waals surface area contributed by atoms with E-state index in [4.69, 9.17) is 5.11 Å². The summed E-state index contributed by atoms with van der Waals surface area (Å²) in [4.78, 5) is 21.0. The van der Waals surface area contributed by atoms with Gasteiger partial charge in [0.2, 0.25) is 0 Å². The monoisotopic (exact) mass is 225 g/mol. The summed E-state index contributed by atoms with van der Waals surface area (Å²) in [5, 5.41) is 21.1. The number of benzene rings is 1. The Kier molecular flexibility index (Phi) is 3.41. The number of anilines is 1. The Labute approximate surface area is 91.4 Å². The van der Waals surface area contributed by atoms with Crippen LogP contribution >= 0.6 is 0 Å². The van der Waals surface area contributed by atoms with Gasteiger partial charge in [0.1, 0.15) is 5.69 Å². The van der Waals surface area contributed by atoms with E-state index >= 15 is 0 Å².